The van der Waals surface area contributed by atoms with Gasteiger partial charge >= 0.3 is 19.8 Å². The van der Waals surface area contributed by atoms with Crippen LogP contribution < -0.4 is 31.4 Å². The Labute approximate surface area is 557 Å². The van der Waals surface area contributed by atoms with Crippen LogP contribution in [0.5, 0.6) is 17.2 Å². The van der Waals surface area contributed by atoms with E-state index in [4.69, 9.17) is 46.7 Å². The van der Waals surface area contributed by atoms with Gasteiger partial charge in [-0.2, -0.15) is 41.6 Å². The van der Waals surface area contributed by atoms with Gasteiger partial charge in [0.25, 0.3) is 0 Å². The number of rotatable bonds is 18. The molecule has 0 aromatic carbocycles. The van der Waals surface area contributed by atoms with Gasteiger partial charge in [-0.3, -0.25) is 28.7 Å². The topological polar surface area (TPSA) is 235 Å². The highest BCUT2D eigenvalue weighted by Crippen LogP contribution is 2.67. The molecule has 21 nitrogen and oxygen atoms in total. The molecule has 96 heavy (non-hydrogen) atoms. The summed E-state index contributed by atoms with van der Waals surface area (Å²) in [7, 11) is 0. The molecule has 6 N–H and O–H groups in total. The number of nitrogens with zero attached hydrogens (tertiary/aromatic N) is 12. The summed E-state index contributed by atoms with van der Waals surface area (Å²) in [5, 5.41) is 14.4. The van der Waals surface area contributed by atoms with Gasteiger partial charge in [0.1, 0.15) is 0 Å². The van der Waals surface area contributed by atoms with Crippen molar-refractivity contribution >= 4 is 17.5 Å². The third-order valence-corrected chi connectivity index (χ3v) is 21.9. The van der Waals surface area contributed by atoms with Crippen molar-refractivity contribution in [2.75, 3.05) is 76.5 Å². The number of morpholine rings is 3. The Bertz CT molecular complexity index is 3280. The number of aromatic nitrogens is 9. The first-order chi connectivity index (χ1) is 46.0. The number of anilines is 3. The van der Waals surface area contributed by atoms with Gasteiger partial charge < -0.3 is 45.6 Å². The van der Waals surface area contributed by atoms with Gasteiger partial charge in [0.15, 0.2) is 34.7 Å². The number of hydrogen-bond acceptors (Lipinski definition) is 18. The first kappa shape index (κ1) is 67.8. The number of halogens is 6. The number of pyridine rings is 3. The molecule has 3 aliphatic heterocycles. The van der Waals surface area contributed by atoms with E-state index >= 15 is 0 Å². The average Bonchev–Trinajstić information content (AvgIpc) is 1.57. The fraction of sp³-hybridized carbons (Fsp3) is 0.652. The summed E-state index contributed by atoms with van der Waals surface area (Å²) in [4.78, 5) is 20.0. The molecule has 6 saturated carbocycles. The van der Waals surface area contributed by atoms with Gasteiger partial charge in [-0.1, -0.05) is 0 Å². The Morgan fingerprint density at radius 1 is 0.406 bits per heavy atom. The van der Waals surface area contributed by atoms with Crippen molar-refractivity contribution in [3.8, 4) is 51.0 Å². The number of nitrogen functional groups attached to an aromatic ring is 3. The quantitative estimate of drug-likeness (QED) is 0.0678. The Balaban J connectivity index is 0.000000130. The van der Waals surface area contributed by atoms with Crippen molar-refractivity contribution < 1.29 is 54.8 Å². The highest BCUT2D eigenvalue weighted by atomic mass is 19.3. The van der Waals surface area contributed by atoms with Crippen molar-refractivity contribution in [3.63, 3.8) is 0 Å². The zero-order valence-electron chi connectivity index (χ0n) is 56.2. The molecule has 522 valence electrons. The SMILES string of the molecule is CC(C)n1nc(-c2cnc(N)c(OC(F)F)c2)cc1C1[C@H]2CC(N3CCOC[C@@H]3C)C[C@@H]12.CC(C)n1nc(-c2cnc(N)c(OC(F)F)c2)cc1C1[C@H]2CC(N3CCOC[C@@H]3C)C[C@@H]12.CC(C)n1nc(-c2cnc(N)c(OC(F)F)c2)cc1C1[C@H]2CC(N3CCOC[C@H]3C)C[C@@H]12. The van der Waals surface area contributed by atoms with Crippen molar-refractivity contribution in [1.82, 2.24) is 59.0 Å². The minimum atomic E-state index is -2.95. The fourth-order valence-corrected chi connectivity index (χ4v) is 17.4. The van der Waals surface area contributed by atoms with Gasteiger partial charge in [0.2, 0.25) is 0 Å². The molecular formula is C69H93F6N15O6. The van der Waals surface area contributed by atoms with Crippen LogP contribution in [0.1, 0.15) is 154 Å². The number of ether oxygens (including phenoxy) is 6. The molecule has 0 amide bonds. The number of alkyl halides is 6. The highest BCUT2D eigenvalue weighted by Gasteiger charge is 2.61. The fourth-order valence-electron chi connectivity index (χ4n) is 17.4. The lowest BCUT2D eigenvalue weighted by Crippen LogP contribution is -2.49. The predicted molar refractivity (Wildman–Crippen MR) is 350 cm³/mol. The molecular weight excluding hydrogens is 1250 g/mol. The summed E-state index contributed by atoms with van der Waals surface area (Å²) in [5.41, 5.74) is 24.8. The molecule has 6 aromatic heterocycles. The van der Waals surface area contributed by atoms with Crippen LogP contribution in [0.15, 0.2) is 55.0 Å². The first-order valence-electron chi connectivity index (χ1n) is 34.4. The Morgan fingerprint density at radius 2 is 0.656 bits per heavy atom. The van der Waals surface area contributed by atoms with Crippen molar-refractivity contribution in [2.45, 2.75) is 193 Å². The van der Waals surface area contributed by atoms with E-state index in [2.05, 4.69) is 138 Å². The Hall–Kier alpha value is -6.78. The van der Waals surface area contributed by atoms with E-state index in [0.29, 0.717) is 123 Å². The zero-order valence-corrected chi connectivity index (χ0v) is 56.2. The lowest BCUT2D eigenvalue weighted by molar-refractivity contribution is -0.0501. The third-order valence-electron chi connectivity index (χ3n) is 21.9. The molecule has 0 radical (unpaired) electrons. The van der Waals surface area contributed by atoms with Gasteiger partial charge in [0.05, 0.1) is 56.7 Å². The average molecular weight is 1340 g/mol. The van der Waals surface area contributed by atoms with Gasteiger partial charge in [-0.25, -0.2) is 15.0 Å². The monoisotopic (exact) mass is 1340 g/mol. The number of hydrogen-bond donors (Lipinski definition) is 3. The van der Waals surface area contributed by atoms with Crippen LogP contribution in [0.3, 0.4) is 0 Å². The van der Waals surface area contributed by atoms with Crippen LogP contribution in [0, 0.1) is 35.5 Å². The molecule has 15 rings (SSSR count). The molecule has 3 saturated heterocycles. The highest BCUT2D eigenvalue weighted by molar-refractivity contribution is 5.67. The summed E-state index contributed by atoms with van der Waals surface area (Å²) >= 11 is 0. The summed E-state index contributed by atoms with van der Waals surface area (Å²) < 4.78 is 113. The maximum atomic E-state index is 12.7. The minimum Gasteiger partial charge on any atom is -0.431 e. The number of fused-ring (bicyclic) bond motifs is 3. The zero-order chi connectivity index (χ0) is 67.7. The van der Waals surface area contributed by atoms with E-state index in [-0.39, 0.29) is 52.8 Å². The van der Waals surface area contributed by atoms with E-state index in [1.165, 1.54) is 73.8 Å². The van der Waals surface area contributed by atoms with E-state index in [1.54, 1.807) is 18.6 Å². The second kappa shape index (κ2) is 27.9. The van der Waals surface area contributed by atoms with Crippen LogP contribution in [0.4, 0.5) is 43.8 Å². The third kappa shape index (κ3) is 14.0. The largest absolute Gasteiger partial charge is 0.431 e. The standard InChI is InChI=1S/3C23H31F2N5O2/c3*1-12(2)30-19(9-18(28-30)14-6-20(32-23(24)25)22(26)27-10-14)21-16-7-15(8-17(16)21)29-4-5-31-11-13(29)3/h3*6,9-10,12-13,15-17,21,23H,4-5,7-8,11H2,1-3H3,(H2,26,27)/t3*13-,15?,16-,17+,21?/m100/s1. The van der Waals surface area contributed by atoms with Crippen LogP contribution >= 0.6 is 0 Å². The van der Waals surface area contributed by atoms with Crippen LogP contribution in [-0.2, 0) is 14.2 Å². The summed E-state index contributed by atoms with van der Waals surface area (Å²) in [6.45, 7) is 18.6. The van der Waals surface area contributed by atoms with Crippen molar-refractivity contribution in [2.24, 2.45) is 35.5 Å². The van der Waals surface area contributed by atoms with Gasteiger partial charge in [0, 0.05) is 144 Å². The van der Waals surface area contributed by atoms with E-state index < -0.39 is 19.8 Å². The van der Waals surface area contributed by atoms with Gasteiger partial charge in [-0.05, 0) is 173 Å². The summed E-state index contributed by atoms with van der Waals surface area (Å²) in [6, 6.07) is 14.8. The van der Waals surface area contributed by atoms with E-state index in [0.717, 1.165) is 59.3 Å². The molecule has 9 aliphatic rings. The molecule has 9 fully saturated rings. The molecule has 6 unspecified atom stereocenters. The Morgan fingerprint density at radius 3 is 0.875 bits per heavy atom. The summed E-state index contributed by atoms with van der Waals surface area (Å²) in [6.07, 6.45) is 12.0. The Kier molecular flexibility index (Phi) is 19.7. The molecule has 0 bridgehead atoms. The maximum Gasteiger partial charge on any atom is 0.387 e. The predicted octanol–water partition coefficient (Wildman–Crippen LogP) is 11.8. The van der Waals surface area contributed by atoms with E-state index in [1.807, 2.05) is 0 Å². The first-order valence-corrected chi connectivity index (χ1v) is 34.4. The molecule has 15 atom stereocenters. The normalized spacial score (nSPS) is 30.2. The molecule has 9 heterocycles. The smallest absolute Gasteiger partial charge is 0.387 e. The molecule has 6 aromatic rings. The van der Waals surface area contributed by atoms with Crippen molar-refractivity contribution in [3.05, 3.63) is 72.1 Å². The molecule has 0 spiro atoms. The van der Waals surface area contributed by atoms with E-state index in [9.17, 15) is 26.3 Å². The lowest BCUT2D eigenvalue weighted by atomic mass is 10.0. The van der Waals surface area contributed by atoms with Gasteiger partial charge in [-0.15, -0.1) is 0 Å². The minimum absolute atomic E-state index is 0.0577. The van der Waals surface area contributed by atoms with Crippen LogP contribution in [0.2, 0.25) is 0 Å². The van der Waals surface area contributed by atoms with Crippen LogP contribution in [0.25, 0.3) is 33.8 Å². The second-order valence-corrected chi connectivity index (χ2v) is 28.9. The van der Waals surface area contributed by atoms with Crippen LogP contribution in [-0.4, -0.2) is 174 Å². The molecule has 27 heteroatoms. The molecule has 6 aliphatic carbocycles. The lowest BCUT2D eigenvalue weighted by Gasteiger charge is -2.38. The number of nitrogens with two attached hydrogens (primary N) is 3. The second-order valence-electron chi connectivity index (χ2n) is 28.9. The summed E-state index contributed by atoms with van der Waals surface area (Å²) in [5.74, 6) is 5.06. The van der Waals surface area contributed by atoms with Crippen molar-refractivity contribution in [1.29, 1.82) is 0 Å². The maximum absolute atomic E-state index is 12.7.